The fraction of sp³-hybridized carbons (Fsp3) is 0.217. The summed E-state index contributed by atoms with van der Waals surface area (Å²) in [4.78, 5) is 0. The van der Waals surface area contributed by atoms with Crippen LogP contribution in [0.1, 0.15) is 35.3 Å². The van der Waals surface area contributed by atoms with E-state index in [1.165, 1.54) is 11.1 Å². The zero-order valence-electron chi connectivity index (χ0n) is 15.0. The Balaban J connectivity index is 1.64. The van der Waals surface area contributed by atoms with Gasteiger partial charge in [0.25, 0.3) is 0 Å². The topological polar surface area (TPSA) is 41.5 Å². The molecule has 0 aliphatic rings. The average molecular weight is 347 g/mol. The Morgan fingerprint density at radius 1 is 0.769 bits per heavy atom. The quantitative estimate of drug-likeness (QED) is 0.630. The van der Waals surface area contributed by atoms with E-state index in [1.807, 2.05) is 36.4 Å². The lowest BCUT2D eigenvalue weighted by Crippen LogP contribution is -2.24. The molecule has 3 nitrogen and oxygen atoms in total. The van der Waals surface area contributed by atoms with Gasteiger partial charge in [0.2, 0.25) is 0 Å². The van der Waals surface area contributed by atoms with Gasteiger partial charge in [-0.05, 0) is 41.8 Å². The molecule has 0 fully saturated rings. The Hall–Kier alpha value is -2.62. The molecule has 0 aliphatic heterocycles. The fourth-order valence-electron chi connectivity index (χ4n) is 3.08. The van der Waals surface area contributed by atoms with Crippen LogP contribution in [0.4, 0.5) is 0 Å². The molecule has 0 aliphatic carbocycles. The van der Waals surface area contributed by atoms with Gasteiger partial charge < -0.3 is 15.2 Å². The van der Waals surface area contributed by atoms with E-state index < -0.39 is 6.10 Å². The van der Waals surface area contributed by atoms with Crippen LogP contribution in [0.15, 0.2) is 84.9 Å². The highest BCUT2D eigenvalue weighted by Crippen LogP contribution is 2.23. The minimum atomic E-state index is -0.499. The summed E-state index contributed by atoms with van der Waals surface area (Å²) in [6.07, 6.45) is 0.142. The zero-order chi connectivity index (χ0) is 18.2. The Morgan fingerprint density at radius 2 is 1.31 bits per heavy atom. The monoisotopic (exact) mass is 347 g/mol. The normalized spacial score (nSPS) is 12.1. The summed E-state index contributed by atoms with van der Waals surface area (Å²) in [5.41, 5.74) is 3.35. The molecule has 3 heteroatoms. The highest BCUT2D eigenvalue weighted by Gasteiger charge is 2.14. The van der Waals surface area contributed by atoms with Crippen molar-refractivity contribution in [2.45, 2.75) is 18.6 Å². The number of hydrogen-bond acceptors (Lipinski definition) is 3. The summed E-state index contributed by atoms with van der Waals surface area (Å²) in [6.45, 7) is 0.710. The van der Waals surface area contributed by atoms with Crippen molar-refractivity contribution >= 4 is 0 Å². The largest absolute Gasteiger partial charge is 0.497 e. The Morgan fingerprint density at radius 3 is 1.81 bits per heavy atom. The molecule has 3 aromatic rings. The highest BCUT2D eigenvalue weighted by molar-refractivity contribution is 5.32. The zero-order valence-corrected chi connectivity index (χ0v) is 15.0. The summed E-state index contributed by atoms with van der Waals surface area (Å²) >= 11 is 0. The number of aliphatic hydroxyl groups is 1. The number of aliphatic hydroxyl groups excluding tert-OH is 1. The van der Waals surface area contributed by atoms with Crippen molar-refractivity contribution in [2.24, 2.45) is 0 Å². The maximum absolute atomic E-state index is 10.5. The summed E-state index contributed by atoms with van der Waals surface area (Å²) in [5.74, 6) is 0.798. The van der Waals surface area contributed by atoms with Gasteiger partial charge in [-0.15, -0.1) is 0 Å². The van der Waals surface area contributed by atoms with E-state index in [1.54, 1.807) is 7.11 Å². The van der Waals surface area contributed by atoms with E-state index in [9.17, 15) is 5.11 Å². The summed E-state index contributed by atoms with van der Waals surface area (Å²) < 4.78 is 5.17. The smallest absolute Gasteiger partial charge is 0.118 e. The molecular formula is C23H25NO2. The third-order valence-corrected chi connectivity index (χ3v) is 4.53. The molecule has 2 N–H and O–H groups in total. The van der Waals surface area contributed by atoms with Gasteiger partial charge in [0.1, 0.15) is 5.75 Å². The van der Waals surface area contributed by atoms with Gasteiger partial charge in [0, 0.05) is 0 Å². The first-order chi connectivity index (χ1) is 12.8. The number of ether oxygens (including phenoxy) is 1. The second kappa shape index (κ2) is 9.18. The molecule has 0 spiro atoms. The third-order valence-electron chi connectivity index (χ3n) is 4.53. The number of hydrogen-bond donors (Lipinski definition) is 2. The molecule has 0 amide bonds. The first kappa shape index (κ1) is 18.2. The van der Waals surface area contributed by atoms with Gasteiger partial charge in [0.15, 0.2) is 0 Å². The second-order valence-electron chi connectivity index (χ2n) is 6.29. The van der Waals surface area contributed by atoms with Crippen molar-refractivity contribution in [3.05, 3.63) is 102 Å². The van der Waals surface area contributed by atoms with Gasteiger partial charge >= 0.3 is 0 Å². The third kappa shape index (κ3) is 4.72. The standard InChI is InChI=1S/C23H25NO2/c1-26-21-14-12-18(13-15-21)22(25)16-17-24-23(19-8-4-2-5-9-19)20-10-6-3-7-11-20/h2-15,22-25H,16-17H2,1H3/t22-/m1/s1. The molecule has 134 valence electrons. The molecule has 3 aromatic carbocycles. The van der Waals surface area contributed by atoms with E-state index in [2.05, 4.69) is 53.8 Å². The number of benzene rings is 3. The van der Waals surface area contributed by atoms with E-state index in [0.29, 0.717) is 13.0 Å². The predicted molar refractivity (Wildman–Crippen MR) is 105 cm³/mol. The Bertz CT molecular complexity index is 733. The van der Waals surface area contributed by atoms with Crippen LogP contribution in [0, 0.1) is 0 Å². The molecule has 3 rings (SSSR count). The fourth-order valence-corrected chi connectivity index (χ4v) is 3.08. The molecule has 0 heterocycles. The van der Waals surface area contributed by atoms with Crippen LogP contribution in [0.5, 0.6) is 5.75 Å². The van der Waals surface area contributed by atoms with E-state index in [4.69, 9.17) is 4.74 Å². The summed E-state index contributed by atoms with van der Waals surface area (Å²) in [6, 6.07) is 28.5. The number of rotatable bonds is 8. The van der Waals surface area contributed by atoms with Crippen molar-refractivity contribution in [1.29, 1.82) is 0 Å². The van der Waals surface area contributed by atoms with Crippen LogP contribution in [-0.2, 0) is 0 Å². The molecule has 0 radical (unpaired) electrons. The lowest BCUT2D eigenvalue weighted by Gasteiger charge is -2.21. The van der Waals surface area contributed by atoms with Gasteiger partial charge in [0.05, 0.1) is 19.3 Å². The number of methoxy groups -OCH3 is 1. The lowest BCUT2D eigenvalue weighted by molar-refractivity contribution is 0.166. The van der Waals surface area contributed by atoms with Crippen LogP contribution in [0.2, 0.25) is 0 Å². The first-order valence-electron chi connectivity index (χ1n) is 8.93. The van der Waals surface area contributed by atoms with E-state index >= 15 is 0 Å². The van der Waals surface area contributed by atoms with Crippen LogP contribution in [0.3, 0.4) is 0 Å². The molecule has 26 heavy (non-hydrogen) atoms. The molecular weight excluding hydrogens is 322 g/mol. The lowest BCUT2D eigenvalue weighted by atomic mass is 9.98. The van der Waals surface area contributed by atoms with Gasteiger partial charge in [-0.1, -0.05) is 72.8 Å². The SMILES string of the molecule is COc1ccc([C@H](O)CCNC(c2ccccc2)c2ccccc2)cc1. The highest BCUT2D eigenvalue weighted by atomic mass is 16.5. The van der Waals surface area contributed by atoms with Crippen molar-refractivity contribution in [2.75, 3.05) is 13.7 Å². The van der Waals surface area contributed by atoms with Crippen LogP contribution < -0.4 is 10.1 Å². The maximum atomic E-state index is 10.5. The minimum absolute atomic E-state index is 0.112. The molecule has 0 unspecified atom stereocenters. The first-order valence-corrected chi connectivity index (χ1v) is 8.93. The van der Waals surface area contributed by atoms with Gasteiger partial charge in [-0.25, -0.2) is 0 Å². The molecule has 0 aromatic heterocycles. The van der Waals surface area contributed by atoms with E-state index in [-0.39, 0.29) is 6.04 Å². The second-order valence-corrected chi connectivity index (χ2v) is 6.29. The minimum Gasteiger partial charge on any atom is -0.497 e. The van der Waals surface area contributed by atoms with Gasteiger partial charge in [-0.2, -0.15) is 0 Å². The van der Waals surface area contributed by atoms with Crippen LogP contribution >= 0.6 is 0 Å². The Labute approximate surface area is 155 Å². The van der Waals surface area contributed by atoms with Crippen LogP contribution in [-0.4, -0.2) is 18.8 Å². The Kier molecular flexibility index (Phi) is 6.42. The maximum Gasteiger partial charge on any atom is 0.118 e. The summed E-state index contributed by atoms with van der Waals surface area (Å²) in [7, 11) is 1.64. The van der Waals surface area contributed by atoms with Crippen molar-refractivity contribution in [3.8, 4) is 5.75 Å². The average Bonchev–Trinajstić information content (AvgIpc) is 2.72. The summed E-state index contributed by atoms with van der Waals surface area (Å²) in [5, 5.41) is 14.0. The molecule has 1 atom stereocenters. The molecule has 0 saturated heterocycles. The van der Waals surface area contributed by atoms with E-state index in [0.717, 1.165) is 11.3 Å². The van der Waals surface area contributed by atoms with Crippen molar-refractivity contribution in [3.63, 3.8) is 0 Å². The molecule has 0 bridgehead atoms. The molecule has 0 saturated carbocycles. The van der Waals surface area contributed by atoms with Crippen LogP contribution in [0.25, 0.3) is 0 Å². The van der Waals surface area contributed by atoms with Gasteiger partial charge in [-0.3, -0.25) is 0 Å². The van der Waals surface area contributed by atoms with Crippen molar-refractivity contribution < 1.29 is 9.84 Å². The predicted octanol–water partition coefficient (Wildman–Crippen LogP) is 4.50. The van der Waals surface area contributed by atoms with Crippen molar-refractivity contribution in [1.82, 2.24) is 5.32 Å². The number of nitrogens with one attached hydrogen (secondary N) is 1.